The number of carboxylic acids is 1. The first-order chi connectivity index (χ1) is 8.97. The van der Waals surface area contributed by atoms with Crippen molar-refractivity contribution in [3.8, 4) is 0 Å². The largest absolute Gasteiger partial charge is 1.00 e. The van der Waals surface area contributed by atoms with Crippen LogP contribution in [0.5, 0.6) is 0 Å². The Kier molecular flexibility index (Phi) is 6.81. The molecule has 0 saturated heterocycles. The van der Waals surface area contributed by atoms with Crippen LogP contribution in [0.15, 0.2) is 36.4 Å². The van der Waals surface area contributed by atoms with E-state index < -0.39 is 5.97 Å². The number of hydrogen-bond acceptors (Lipinski definition) is 3. The average molecular weight is 410 g/mol. The van der Waals surface area contributed by atoms with Gasteiger partial charge in [0.1, 0.15) is 0 Å². The summed E-state index contributed by atoms with van der Waals surface area (Å²) in [5.41, 5.74) is 2.40. The summed E-state index contributed by atoms with van der Waals surface area (Å²) in [6, 6.07) is 10.5. The number of nitrogens with one attached hydrogen (secondary N) is 1. The van der Waals surface area contributed by atoms with Gasteiger partial charge in [-0.1, -0.05) is 11.6 Å². The molecule has 0 saturated carbocycles. The van der Waals surface area contributed by atoms with Crippen LogP contribution in [0.3, 0.4) is 0 Å². The third-order valence-electron chi connectivity index (χ3n) is 2.66. The van der Waals surface area contributed by atoms with Gasteiger partial charge in [0.05, 0.1) is 5.97 Å². The van der Waals surface area contributed by atoms with Gasteiger partial charge < -0.3 is 15.2 Å². The van der Waals surface area contributed by atoms with Gasteiger partial charge in [0.15, 0.2) is 0 Å². The molecule has 6 heteroatoms. The SMILES string of the molecule is Cc1cc(I)ccc1Nc1ccc(Cl)cc1C(=O)[O-].[Na+]. The van der Waals surface area contributed by atoms with Gasteiger partial charge in [-0.2, -0.15) is 0 Å². The predicted octanol–water partition coefficient (Wildman–Crippen LogP) is 0.364. The molecule has 0 aliphatic heterocycles. The molecule has 20 heavy (non-hydrogen) atoms. The smallest absolute Gasteiger partial charge is 0.545 e. The summed E-state index contributed by atoms with van der Waals surface area (Å²) >= 11 is 8.02. The standard InChI is InChI=1S/C14H11ClINO2.Na/c1-8-6-10(16)3-5-12(8)17-13-4-2-9(15)7-11(13)14(18)19;/h2-7,17H,1H3,(H,18,19);/q;+1/p-1. The molecule has 0 aromatic heterocycles. The normalized spacial score (nSPS) is 9.75. The Labute approximate surface area is 158 Å². The number of halogens is 2. The van der Waals surface area contributed by atoms with Crippen molar-refractivity contribution in [1.82, 2.24) is 0 Å². The van der Waals surface area contributed by atoms with E-state index in [-0.39, 0.29) is 35.1 Å². The molecule has 98 valence electrons. The van der Waals surface area contributed by atoms with Gasteiger partial charge in [0, 0.05) is 25.5 Å². The van der Waals surface area contributed by atoms with E-state index in [2.05, 4.69) is 27.9 Å². The number of rotatable bonds is 3. The predicted molar refractivity (Wildman–Crippen MR) is 83.0 cm³/mol. The summed E-state index contributed by atoms with van der Waals surface area (Å²) in [5, 5.41) is 14.6. The summed E-state index contributed by atoms with van der Waals surface area (Å²) in [5.74, 6) is -1.26. The fourth-order valence-electron chi connectivity index (χ4n) is 1.71. The van der Waals surface area contributed by atoms with Crippen LogP contribution < -0.4 is 40.0 Å². The topological polar surface area (TPSA) is 52.2 Å². The fourth-order valence-corrected chi connectivity index (χ4v) is 2.53. The van der Waals surface area contributed by atoms with Crippen molar-refractivity contribution >= 4 is 51.5 Å². The van der Waals surface area contributed by atoms with Crippen molar-refractivity contribution in [3.63, 3.8) is 0 Å². The van der Waals surface area contributed by atoms with Gasteiger partial charge in [-0.25, -0.2) is 0 Å². The van der Waals surface area contributed by atoms with Crippen LogP contribution in [-0.2, 0) is 0 Å². The first-order valence-corrected chi connectivity index (χ1v) is 6.97. The van der Waals surface area contributed by atoms with Gasteiger partial charge in [-0.15, -0.1) is 0 Å². The molecule has 0 spiro atoms. The van der Waals surface area contributed by atoms with E-state index in [1.54, 1.807) is 12.1 Å². The number of aromatic carboxylic acids is 1. The van der Waals surface area contributed by atoms with Crippen molar-refractivity contribution in [3.05, 3.63) is 56.1 Å². The number of hydrogen-bond donors (Lipinski definition) is 1. The van der Waals surface area contributed by atoms with Crippen LogP contribution >= 0.6 is 34.2 Å². The first-order valence-electron chi connectivity index (χ1n) is 5.51. The van der Waals surface area contributed by atoms with Crippen LogP contribution in [0.1, 0.15) is 15.9 Å². The summed E-state index contributed by atoms with van der Waals surface area (Å²) in [4.78, 5) is 11.1. The maximum absolute atomic E-state index is 11.1. The van der Waals surface area contributed by atoms with E-state index in [4.69, 9.17) is 11.6 Å². The van der Waals surface area contributed by atoms with Crippen molar-refractivity contribution < 1.29 is 39.5 Å². The van der Waals surface area contributed by atoms with Crippen molar-refractivity contribution in [1.29, 1.82) is 0 Å². The number of anilines is 2. The van der Waals surface area contributed by atoms with Crippen LogP contribution in [0.2, 0.25) is 5.02 Å². The Morgan fingerprint density at radius 3 is 2.45 bits per heavy atom. The van der Waals surface area contributed by atoms with Crippen molar-refractivity contribution in [2.24, 2.45) is 0 Å². The minimum atomic E-state index is -1.26. The zero-order chi connectivity index (χ0) is 14.0. The van der Waals surface area contributed by atoms with E-state index in [0.717, 1.165) is 14.8 Å². The average Bonchev–Trinajstić information content (AvgIpc) is 2.34. The summed E-state index contributed by atoms with van der Waals surface area (Å²) in [6.07, 6.45) is 0. The molecule has 0 aliphatic carbocycles. The zero-order valence-corrected chi connectivity index (χ0v) is 15.9. The van der Waals surface area contributed by atoms with Crippen LogP contribution in [0.25, 0.3) is 0 Å². The summed E-state index contributed by atoms with van der Waals surface area (Å²) in [7, 11) is 0. The molecular weight excluding hydrogens is 400 g/mol. The van der Waals surface area contributed by atoms with Gasteiger partial charge in [-0.3, -0.25) is 0 Å². The summed E-state index contributed by atoms with van der Waals surface area (Å²) < 4.78 is 1.12. The van der Waals surface area contributed by atoms with E-state index in [1.807, 2.05) is 25.1 Å². The van der Waals surface area contributed by atoms with Gasteiger partial charge in [0.2, 0.25) is 0 Å². The van der Waals surface area contributed by atoms with Gasteiger partial charge in [-0.05, 0) is 71.5 Å². The van der Waals surface area contributed by atoms with E-state index in [1.165, 1.54) is 6.07 Å². The molecule has 2 aromatic rings. The molecule has 0 heterocycles. The Bertz CT molecular complexity index is 649. The Balaban J connectivity index is 0.00000200. The quantitative estimate of drug-likeness (QED) is 0.589. The Hall–Kier alpha value is -0.270. The second-order valence-corrected chi connectivity index (χ2v) is 5.74. The molecule has 1 N–H and O–H groups in total. The second kappa shape index (κ2) is 7.66. The van der Waals surface area contributed by atoms with Gasteiger partial charge in [0.25, 0.3) is 0 Å². The van der Waals surface area contributed by atoms with E-state index >= 15 is 0 Å². The minimum absolute atomic E-state index is 0. The monoisotopic (exact) mass is 409 g/mol. The molecule has 2 rings (SSSR count). The molecule has 2 aromatic carbocycles. The van der Waals surface area contributed by atoms with E-state index in [9.17, 15) is 9.90 Å². The van der Waals surface area contributed by atoms with Crippen molar-refractivity contribution in [2.45, 2.75) is 6.92 Å². The molecular formula is C14H10ClINNaO2. The van der Waals surface area contributed by atoms with Gasteiger partial charge >= 0.3 is 29.6 Å². The van der Waals surface area contributed by atoms with E-state index in [0.29, 0.717) is 10.7 Å². The second-order valence-electron chi connectivity index (χ2n) is 4.06. The third kappa shape index (κ3) is 4.36. The number of carbonyl (C=O) groups is 1. The Morgan fingerprint density at radius 1 is 1.20 bits per heavy atom. The number of benzene rings is 2. The van der Waals surface area contributed by atoms with Crippen LogP contribution in [-0.4, -0.2) is 5.97 Å². The molecule has 3 nitrogen and oxygen atoms in total. The Morgan fingerprint density at radius 2 is 1.85 bits per heavy atom. The maximum Gasteiger partial charge on any atom is 1.00 e. The molecule has 0 atom stereocenters. The molecule has 0 amide bonds. The minimum Gasteiger partial charge on any atom is -0.545 e. The number of aryl methyl sites for hydroxylation is 1. The first kappa shape index (κ1) is 17.8. The fraction of sp³-hybridized carbons (Fsp3) is 0.0714. The number of carbonyl (C=O) groups excluding carboxylic acids is 1. The number of carboxylic acid groups (broad SMARTS) is 1. The third-order valence-corrected chi connectivity index (χ3v) is 3.57. The molecule has 0 fully saturated rings. The van der Waals surface area contributed by atoms with Crippen LogP contribution in [0.4, 0.5) is 11.4 Å². The molecule has 0 bridgehead atoms. The van der Waals surface area contributed by atoms with Crippen LogP contribution in [0, 0.1) is 10.5 Å². The maximum atomic E-state index is 11.1. The summed E-state index contributed by atoms with van der Waals surface area (Å²) in [6.45, 7) is 1.96. The van der Waals surface area contributed by atoms with Crippen molar-refractivity contribution in [2.75, 3.05) is 5.32 Å². The molecule has 0 aliphatic rings. The molecule has 0 unspecified atom stereocenters. The molecule has 0 radical (unpaired) electrons. The zero-order valence-electron chi connectivity index (χ0n) is 11.0.